The molecule has 2 rings (SSSR count). The Morgan fingerprint density at radius 3 is 2.61 bits per heavy atom. The Morgan fingerprint density at radius 1 is 1.11 bits per heavy atom. The molecular weight excluding hydrogens is 377 g/mol. The van der Waals surface area contributed by atoms with Crippen LogP contribution in [0.25, 0.3) is 0 Å². The molecule has 0 aromatic heterocycles. The van der Waals surface area contributed by atoms with Crippen LogP contribution < -0.4 is 5.32 Å². The van der Waals surface area contributed by atoms with Crippen molar-refractivity contribution in [3.63, 3.8) is 0 Å². The first kappa shape index (κ1) is 13.9. The Balaban J connectivity index is 2.11. The Hall–Kier alpha value is -0.510. The molecule has 2 aromatic carbocycles. The minimum absolute atomic E-state index is 0.734. The standard InChI is InChI=1S/C14H12Br2ClN/c1-9-11(15)3-2-4-14(9)18-8-10-5-6-13(17)12(16)7-10/h2-7,18H,8H2,1H3. The lowest BCUT2D eigenvalue weighted by Gasteiger charge is -2.11. The normalized spacial score (nSPS) is 10.4. The van der Waals surface area contributed by atoms with E-state index in [-0.39, 0.29) is 0 Å². The maximum absolute atomic E-state index is 5.97. The number of halogens is 3. The zero-order chi connectivity index (χ0) is 13.1. The number of benzene rings is 2. The van der Waals surface area contributed by atoms with Crippen LogP contribution in [0.2, 0.25) is 5.02 Å². The van der Waals surface area contributed by atoms with Crippen molar-refractivity contribution in [2.75, 3.05) is 5.32 Å². The molecule has 1 N–H and O–H groups in total. The highest BCUT2D eigenvalue weighted by atomic mass is 79.9. The summed E-state index contributed by atoms with van der Waals surface area (Å²) in [4.78, 5) is 0. The van der Waals surface area contributed by atoms with Gasteiger partial charge in [0.25, 0.3) is 0 Å². The predicted octanol–water partition coefficient (Wildman–Crippen LogP) is 5.79. The number of hydrogen-bond acceptors (Lipinski definition) is 1. The molecule has 0 fully saturated rings. The van der Waals surface area contributed by atoms with Crippen molar-refractivity contribution in [3.05, 3.63) is 61.5 Å². The molecule has 0 bridgehead atoms. The summed E-state index contributed by atoms with van der Waals surface area (Å²) in [6.07, 6.45) is 0. The third-order valence-electron chi connectivity index (χ3n) is 2.73. The van der Waals surface area contributed by atoms with Crippen LogP contribution in [-0.2, 0) is 6.54 Å². The van der Waals surface area contributed by atoms with Gasteiger partial charge in [0.2, 0.25) is 0 Å². The Morgan fingerprint density at radius 2 is 1.89 bits per heavy atom. The highest BCUT2D eigenvalue weighted by molar-refractivity contribution is 9.10. The van der Waals surface area contributed by atoms with Crippen LogP contribution in [0, 0.1) is 6.92 Å². The van der Waals surface area contributed by atoms with Crippen LogP contribution in [0.4, 0.5) is 5.69 Å². The first-order chi connectivity index (χ1) is 8.58. The molecule has 0 atom stereocenters. The van der Waals surface area contributed by atoms with Gasteiger partial charge in [0, 0.05) is 21.2 Å². The third kappa shape index (κ3) is 3.28. The van der Waals surface area contributed by atoms with Gasteiger partial charge in [0.15, 0.2) is 0 Å². The molecule has 0 saturated carbocycles. The van der Waals surface area contributed by atoms with E-state index in [4.69, 9.17) is 11.6 Å². The van der Waals surface area contributed by atoms with Crippen LogP contribution in [0.3, 0.4) is 0 Å². The summed E-state index contributed by atoms with van der Waals surface area (Å²) in [6.45, 7) is 2.86. The monoisotopic (exact) mass is 387 g/mol. The largest absolute Gasteiger partial charge is 0.381 e. The minimum Gasteiger partial charge on any atom is -0.381 e. The summed E-state index contributed by atoms with van der Waals surface area (Å²) in [5.74, 6) is 0. The van der Waals surface area contributed by atoms with E-state index in [0.29, 0.717) is 0 Å². The van der Waals surface area contributed by atoms with E-state index in [0.717, 1.165) is 26.2 Å². The fourth-order valence-electron chi connectivity index (χ4n) is 1.65. The number of hydrogen-bond donors (Lipinski definition) is 1. The predicted molar refractivity (Wildman–Crippen MR) is 85.4 cm³/mol. The van der Waals surface area contributed by atoms with Crippen molar-refractivity contribution in [1.29, 1.82) is 0 Å². The molecule has 0 radical (unpaired) electrons. The second-order valence-corrected chi connectivity index (χ2v) is 6.13. The van der Waals surface area contributed by atoms with Gasteiger partial charge < -0.3 is 5.32 Å². The molecule has 0 aliphatic carbocycles. The zero-order valence-corrected chi connectivity index (χ0v) is 13.7. The molecule has 0 unspecified atom stereocenters. The average Bonchev–Trinajstić information content (AvgIpc) is 2.35. The molecule has 94 valence electrons. The van der Waals surface area contributed by atoms with E-state index in [2.05, 4.69) is 50.2 Å². The maximum atomic E-state index is 5.97. The summed E-state index contributed by atoms with van der Waals surface area (Å²) in [7, 11) is 0. The number of anilines is 1. The SMILES string of the molecule is Cc1c(Br)cccc1NCc1ccc(Cl)c(Br)c1. The van der Waals surface area contributed by atoms with Gasteiger partial charge >= 0.3 is 0 Å². The molecular formula is C14H12Br2ClN. The van der Waals surface area contributed by atoms with Crippen molar-refractivity contribution in [1.82, 2.24) is 0 Å². The highest BCUT2D eigenvalue weighted by Crippen LogP contribution is 2.26. The van der Waals surface area contributed by atoms with E-state index in [1.165, 1.54) is 11.1 Å². The quantitative estimate of drug-likeness (QED) is 0.701. The maximum Gasteiger partial charge on any atom is 0.0548 e. The highest BCUT2D eigenvalue weighted by Gasteiger charge is 2.02. The van der Waals surface area contributed by atoms with Crippen LogP contribution in [0.5, 0.6) is 0 Å². The average molecular weight is 390 g/mol. The van der Waals surface area contributed by atoms with E-state index in [9.17, 15) is 0 Å². The molecule has 4 heteroatoms. The van der Waals surface area contributed by atoms with E-state index in [1.54, 1.807) is 0 Å². The van der Waals surface area contributed by atoms with E-state index in [1.807, 2.05) is 30.3 Å². The van der Waals surface area contributed by atoms with Crippen molar-refractivity contribution in [2.45, 2.75) is 13.5 Å². The third-order valence-corrected chi connectivity index (χ3v) is 4.81. The minimum atomic E-state index is 0.734. The van der Waals surface area contributed by atoms with Crippen LogP contribution in [0.15, 0.2) is 45.3 Å². The topological polar surface area (TPSA) is 12.0 Å². The summed E-state index contributed by atoms with van der Waals surface area (Å²) >= 11 is 12.9. The number of nitrogens with one attached hydrogen (secondary N) is 1. The molecule has 0 saturated heterocycles. The molecule has 18 heavy (non-hydrogen) atoms. The smallest absolute Gasteiger partial charge is 0.0548 e. The molecule has 0 aliphatic rings. The second-order valence-electron chi connectivity index (χ2n) is 4.01. The summed E-state index contributed by atoms with van der Waals surface area (Å²) < 4.78 is 2.04. The molecule has 0 spiro atoms. The van der Waals surface area contributed by atoms with Crippen LogP contribution in [0.1, 0.15) is 11.1 Å². The lowest BCUT2D eigenvalue weighted by molar-refractivity contribution is 1.13. The van der Waals surface area contributed by atoms with Crippen molar-refractivity contribution < 1.29 is 0 Å². The lowest BCUT2D eigenvalue weighted by atomic mass is 10.2. The van der Waals surface area contributed by atoms with Crippen molar-refractivity contribution in [2.24, 2.45) is 0 Å². The van der Waals surface area contributed by atoms with Crippen LogP contribution >= 0.6 is 43.5 Å². The zero-order valence-electron chi connectivity index (χ0n) is 9.81. The number of rotatable bonds is 3. The van der Waals surface area contributed by atoms with Gasteiger partial charge in [0.05, 0.1) is 5.02 Å². The summed E-state index contributed by atoms with van der Waals surface area (Å²) in [5, 5.41) is 4.16. The lowest BCUT2D eigenvalue weighted by Crippen LogP contribution is -2.01. The Bertz CT molecular complexity index is 570. The first-order valence-corrected chi connectivity index (χ1v) is 7.47. The second kappa shape index (κ2) is 6.09. The van der Waals surface area contributed by atoms with Crippen LogP contribution in [-0.4, -0.2) is 0 Å². The van der Waals surface area contributed by atoms with Gasteiger partial charge in [-0.05, 0) is 58.2 Å². The van der Waals surface area contributed by atoms with Gasteiger partial charge in [-0.25, -0.2) is 0 Å². The molecule has 1 nitrogen and oxygen atoms in total. The summed E-state index contributed by atoms with van der Waals surface area (Å²) in [6, 6.07) is 12.1. The fraction of sp³-hybridized carbons (Fsp3) is 0.143. The Kier molecular flexibility index (Phi) is 4.71. The van der Waals surface area contributed by atoms with Gasteiger partial charge in [-0.3, -0.25) is 0 Å². The van der Waals surface area contributed by atoms with Crippen molar-refractivity contribution >= 4 is 49.1 Å². The van der Waals surface area contributed by atoms with E-state index >= 15 is 0 Å². The van der Waals surface area contributed by atoms with Gasteiger partial charge in [-0.15, -0.1) is 0 Å². The van der Waals surface area contributed by atoms with E-state index < -0.39 is 0 Å². The van der Waals surface area contributed by atoms with Gasteiger partial charge in [0.1, 0.15) is 0 Å². The van der Waals surface area contributed by atoms with Gasteiger partial charge in [-0.2, -0.15) is 0 Å². The molecule has 0 aliphatic heterocycles. The summed E-state index contributed by atoms with van der Waals surface area (Å²) in [5.41, 5.74) is 3.53. The van der Waals surface area contributed by atoms with Gasteiger partial charge in [-0.1, -0.05) is 39.7 Å². The first-order valence-electron chi connectivity index (χ1n) is 5.51. The Labute approximate surface area is 129 Å². The fourth-order valence-corrected chi connectivity index (χ4v) is 2.56. The molecule has 0 heterocycles. The molecule has 0 amide bonds. The van der Waals surface area contributed by atoms with Crippen molar-refractivity contribution in [3.8, 4) is 0 Å². The molecule has 2 aromatic rings.